The van der Waals surface area contributed by atoms with Gasteiger partial charge in [-0.15, -0.1) is 9.32 Å². The van der Waals surface area contributed by atoms with Crippen LogP contribution in [0.25, 0.3) is 0 Å². The Bertz CT molecular complexity index is 451. The first-order valence-corrected chi connectivity index (χ1v) is 6.70. The van der Waals surface area contributed by atoms with Crippen LogP contribution < -0.4 is 5.90 Å². The summed E-state index contributed by atoms with van der Waals surface area (Å²) in [6.07, 6.45) is 0.541. The molecule has 1 aromatic carbocycles. The molecule has 0 aliphatic heterocycles. The van der Waals surface area contributed by atoms with Crippen LogP contribution in [0.2, 0.25) is 0 Å². The van der Waals surface area contributed by atoms with Gasteiger partial charge in [0.25, 0.3) is 0 Å². The van der Waals surface area contributed by atoms with Crippen molar-refractivity contribution in [3.63, 3.8) is 0 Å². The number of aliphatic carboxylic acids is 2. The Morgan fingerprint density at radius 3 is 2.19 bits per heavy atom. The van der Waals surface area contributed by atoms with Crippen molar-refractivity contribution in [2.75, 3.05) is 19.6 Å². The van der Waals surface area contributed by atoms with Gasteiger partial charge in [-0.1, -0.05) is 12.1 Å². The van der Waals surface area contributed by atoms with Crippen molar-refractivity contribution in [2.45, 2.75) is 11.3 Å². The maximum Gasteiger partial charge on any atom is 0.317 e. The van der Waals surface area contributed by atoms with E-state index in [1.165, 1.54) is 4.90 Å². The Hall–Kier alpha value is -1.65. The molecular weight excluding hydrogens is 300 g/mol. The van der Waals surface area contributed by atoms with Gasteiger partial charge >= 0.3 is 11.9 Å². The van der Waals surface area contributed by atoms with E-state index in [2.05, 4.69) is 9.32 Å². The molecule has 0 saturated heterocycles. The van der Waals surface area contributed by atoms with E-state index in [9.17, 15) is 9.59 Å². The monoisotopic (exact) mass is 316 g/mol. The molecule has 0 atom stereocenters. The summed E-state index contributed by atoms with van der Waals surface area (Å²) in [6, 6.07) is 7.25. The molecule has 4 N–H and O–H groups in total. The van der Waals surface area contributed by atoms with Crippen molar-refractivity contribution in [3.8, 4) is 0 Å². The number of nitrogens with two attached hydrogens (primary N) is 1. The largest absolute Gasteiger partial charge is 0.480 e. The molecule has 0 fully saturated rings. The van der Waals surface area contributed by atoms with E-state index in [-0.39, 0.29) is 13.1 Å². The van der Waals surface area contributed by atoms with E-state index in [1.807, 2.05) is 12.1 Å². The number of benzene rings is 1. The molecule has 0 radical (unpaired) electrons. The molecule has 0 aliphatic carbocycles. The smallest absolute Gasteiger partial charge is 0.317 e. The highest BCUT2D eigenvalue weighted by atomic mass is 32.2. The zero-order valence-electron chi connectivity index (χ0n) is 11.1. The van der Waals surface area contributed by atoms with Gasteiger partial charge < -0.3 is 10.2 Å². The van der Waals surface area contributed by atoms with Crippen LogP contribution in [0.3, 0.4) is 0 Å². The van der Waals surface area contributed by atoms with Crippen LogP contribution in [-0.2, 0) is 25.3 Å². The predicted octanol–water partition coefficient (Wildman–Crippen LogP) is 0.529. The van der Waals surface area contributed by atoms with Gasteiger partial charge in [-0.25, -0.2) is 0 Å². The van der Waals surface area contributed by atoms with Crippen LogP contribution in [0.15, 0.2) is 29.2 Å². The molecule has 0 aliphatic rings. The molecule has 9 heteroatoms. The topological polar surface area (TPSA) is 122 Å². The predicted molar refractivity (Wildman–Crippen MR) is 74.1 cm³/mol. The van der Waals surface area contributed by atoms with Crippen LogP contribution in [0.4, 0.5) is 0 Å². The van der Waals surface area contributed by atoms with Crippen LogP contribution in [0, 0.1) is 0 Å². The maximum absolute atomic E-state index is 10.7. The van der Waals surface area contributed by atoms with Crippen LogP contribution in [0.5, 0.6) is 0 Å². The van der Waals surface area contributed by atoms with Crippen molar-refractivity contribution in [1.82, 2.24) is 4.90 Å². The molecule has 116 valence electrons. The molecule has 0 bridgehead atoms. The fraction of sp³-hybridized carbons (Fsp3) is 0.333. The lowest BCUT2D eigenvalue weighted by Gasteiger charge is -2.17. The molecule has 0 unspecified atom stereocenters. The lowest BCUT2D eigenvalue weighted by Crippen LogP contribution is -2.35. The Morgan fingerprint density at radius 1 is 1.14 bits per heavy atom. The van der Waals surface area contributed by atoms with Crippen LogP contribution in [0.1, 0.15) is 5.56 Å². The van der Waals surface area contributed by atoms with Crippen LogP contribution >= 0.6 is 12.0 Å². The van der Waals surface area contributed by atoms with Crippen molar-refractivity contribution in [3.05, 3.63) is 29.8 Å². The zero-order chi connectivity index (χ0) is 15.7. The molecule has 1 rings (SSSR count). The first kappa shape index (κ1) is 17.4. The number of carboxylic acids is 2. The summed E-state index contributed by atoms with van der Waals surface area (Å²) in [5.41, 5.74) is 0.953. The fourth-order valence-electron chi connectivity index (χ4n) is 1.65. The highest BCUT2D eigenvalue weighted by molar-refractivity contribution is 7.94. The molecule has 21 heavy (non-hydrogen) atoms. The quantitative estimate of drug-likeness (QED) is 0.322. The van der Waals surface area contributed by atoms with Gasteiger partial charge in [0.2, 0.25) is 0 Å². The Labute approximate surface area is 125 Å². The Morgan fingerprint density at radius 2 is 1.71 bits per heavy atom. The maximum atomic E-state index is 10.7. The summed E-state index contributed by atoms with van der Waals surface area (Å²) >= 11 is 0.957. The van der Waals surface area contributed by atoms with E-state index in [1.54, 1.807) is 12.1 Å². The number of hydrogen-bond donors (Lipinski definition) is 3. The number of nitrogens with zero attached hydrogens (tertiary/aromatic N) is 1. The minimum absolute atomic E-state index is 0.304. The van der Waals surface area contributed by atoms with Gasteiger partial charge in [0.05, 0.1) is 25.1 Å². The summed E-state index contributed by atoms with van der Waals surface area (Å²) in [5, 5.41) is 17.5. The Balaban J connectivity index is 2.50. The molecule has 0 spiro atoms. The zero-order valence-corrected chi connectivity index (χ0v) is 11.9. The minimum atomic E-state index is -1.05. The van der Waals surface area contributed by atoms with E-state index in [0.717, 1.165) is 22.5 Å². The minimum Gasteiger partial charge on any atom is -0.480 e. The van der Waals surface area contributed by atoms with Crippen molar-refractivity contribution in [2.24, 2.45) is 5.90 Å². The summed E-state index contributed by atoms with van der Waals surface area (Å²) in [5.74, 6) is 2.61. The number of carbonyl (C=O) groups is 2. The third-order valence-electron chi connectivity index (χ3n) is 2.53. The second-order valence-electron chi connectivity index (χ2n) is 4.14. The SMILES string of the molecule is NOOSc1ccc(CCN(CC(=O)O)CC(=O)O)cc1. The molecule has 0 saturated carbocycles. The molecule has 0 amide bonds. The average Bonchev–Trinajstić information content (AvgIpc) is 2.42. The van der Waals surface area contributed by atoms with Gasteiger partial charge in [-0.2, -0.15) is 5.90 Å². The second kappa shape index (κ2) is 9.32. The van der Waals surface area contributed by atoms with E-state index in [4.69, 9.17) is 16.1 Å². The number of carboxylic acid groups (broad SMARTS) is 2. The highest BCUT2D eigenvalue weighted by Crippen LogP contribution is 2.19. The summed E-state index contributed by atoms with van der Waals surface area (Å²) in [7, 11) is 0. The van der Waals surface area contributed by atoms with E-state index in [0.29, 0.717) is 13.0 Å². The molecular formula is C12H16N2O6S. The summed E-state index contributed by atoms with van der Waals surface area (Å²) in [6.45, 7) is -0.267. The molecule has 0 heterocycles. The van der Waals surface area contributed by atoms with E-state index < -0.39 is 11.9 Å². The lowest BCUT2D eigenvalue weighted by atomic mass is 10.1. The third kappa shape index (κ3) is 7.63. The molecule has 8 nitrogen and oxygen atoms in total. The van der Waals surface area contributed by atoms with Gasteiger partial charge in [-0.3, -0.25) is 14.5 Å². The van der Waals surface area contributed by atoms with Crippen LogP contribution in [-0.4, -0.2) is 46.7 Å². The third-order valence-corrected chi connectivity index (χ3v) is 3.14. The number of hydrogen-bond acceptors (Lipinski definition) is 7. The average molecular weight is 316 g/mol. The van der Waals surface area contributed by atoms with Gasteiger partial charge in [0.15, 0.2) is 0 Å². The van der Waals surface area contributed by atoms with Crippen molar-refractivity contribution in [1.29, 1.82) is 0 Å². The number of rotatable bonds is 10. The lowest BCUT2D eigenvalue weighted by molar-refractivity contribution is -0.195. The first-order valence-electron chi connectivity index (χ1n) is 5.96. The second-order valence-corrected chi connectivity index (χ2v) is 4.91. The van der Waals surface area contributed by atoms with Gasteiger partial charge in [0.1, 0.15) is 0 Å². The summed E-state index contributed by atoms with van der Waals surface area (Å²) in [4.78, 5) is 27.5. The normalized spacial score (nSPS) is 10.8. The molecule has 0 aromatic heterocycles. The molecule has 1 aromatic rings. The summed E-state index contributed by atoms with van der Waals surface area (Å²) < 4.78 is 4.50. The standard InChI is InChI=1S/C12H16N2O6S/c13-19-20-21-10-3-1-9(2-4-10)5-6-14(7-11(15)16)8-12(17)18/h1-4H,5-8,13H2,(H,15,16)(H,17,18). The fourth-order valence-corrected chi connectivity index (χ4v) is 2.02. The van der Waals surface area contributed by atoms with E-state index >= 15 is 0 Å². The van der Waals surface area contributed by atoms with Gasteiger partial charge in [-0.05, 0) is 24.1 Å². The highest BCUT2D eigenvalue weighted by Gasteiger charge is 2.13. The Kier molecular flexibility index (Phi) is 7.72. The first-order chi connectivity index (χ1) is 10.0. The van der Waals surface area contributed by atoms with Crippen molar-refractivity contribution < 1.29 is 29.1 Å². The van der Waals surface area contributed by atoms with Crippen molar-refractivity contribution >= 4 is 24.0 Å². The van der Waals surface area contributed by atoms with Gasteiger partial charge in [0, 0.05) is 11.4 Å².